The van der Waals surface area contributed by atoms with Crippen molar-refractivity contribution in [3.05, 3.63) is 51.6 Å². The zero-order valence-electron chi connectivity index (χ0n) is 34.0. The molecule has 61 heavy (non-hydrogen) atoms. The quantitative estimate of drug-likeness (QED) is 0.0698. The Balaban J connectivity index is 1.01. The molecule has 0 radical (unpaired) electrons. The molecule has 5 aliphatic rings. The first kappa shape index (κ1) is 43.7. The van der Waals surface area contributed by atoms with E-state index in [1.807, 2.05) is 0 Å². The Morgan fingerprint density at radius 3 is 2.30 bits per heavy atom. The number of fused-ring (bicyclic) bond motifs is 3. The predicted octanol–water partition coefficient (Wildman–Crippen LogP) is 2.13. The first-order valence-electron chi connectivity index (χ1n) is 20.5. The molecule has 18 nitrogen and oxygen atoms in total. The van der Waals surface area contributed by atoms with Crippen LogP contribution in [0.4, 0.5) is 4.79 Å². The highest BCUT2D eigenvalue weighted by Gasteiger charge is 2.50. The minimum atomic E-state index is -2.33. The van der Waals surface area contributed by atoms with Crippen molar-refractivity contribution in [2.45, 2.75) is 102 Å². The van der Waals surface area contributed by atoms with Crippen LogP contribution in [0.3, 0.4) is 0 Å². The molecule has 0 aromatic heterocycles. The number of methoxy groups -OCH3 is 1. The van der Waals surface area contributed by atoms with Crippen LogP contribution in [-0.4, -0.2) is 123 Å². The third kappa shape index (κ3) is 8.09. The smallest absolute Gasteiger partial charge is 0.410 e. The van der Waals surface area contributed by atoms with Gasteiger partial charge in [0.2, 0.25) is 24.4 Å². The van der Waals surface area contributed by atoms with Crippen molar-refractivity contribution >= 4 is 41.2 Å². The van der Waals surface area contributed by atoms with E-state index in [2.05, 4.69) is 5.32 Å². The van der Waals surface area contributed by atoms with Gasteiger partial charge in [0.15, 0.2) is 11.6 Å². The number of Topliss-reactive ketones (excluding diaryl/α,β-unsaturated/α-hetero) is 1. The molecule has 6 N–H and O–H groups in total. The number of aromatic hydroxyl groups is 2. The molecule has 2 aromatic rings. The van der Waals surface area contributed by atoms with E-state index in [-0.39, 0.29) is 70.9 Å². The molecule has 7 rings (SSSR count). The van der Waals surface area contributed by atoms with Crippen molar-refractivity contribution in [2.75, 3.05) is 27.1 Å². The SMILES string of the molecule is COc1cccc2c1C(=O)c1c(O)c3c(c(O)c1C2=O)C[C@@](O)(C(=O)CO)C[C@@H]3O[C@@H]1C[C@@H](C)[C@@H](O)[C@@H](NC(=O)OCOC(=O)C2CCC(CN3C(=O)CC(C)C3=O)CC2)C1. The highest BCUT2D eigenvalue weighted by Crippen LogP contribution is 2.53. The zero-order chi connectivity index (χ0) is 44.1. The number of aliphatic hydroxyl groups is 3. The number of likely N-dealkylation sites (tertiary alicyclic amines) is 1. The van der Waals surface area contributed by atoms with Crippen LogP contribution in [0.15, 0.2) is 18.2 Å². The van der Waals surface area contributed by atoms with Gasteiger partial charge in [0.1, 0.15) is 29.5 Å². The number of rotatable bonds is 11. The van der Waals surface area contributed by atoms with Gasteiger partial charge in [0.05, 0.1) is 54.1 Å². The second-order valence-corrected chi connectivity index (χ2v) is 17.0. The highest BCUT2D eigenvalue weighted by atomic mass is 16.7. The average Bonchev–Trinajstić information content (AvgIpc) is 3.47. The lowest BCUT2D eigenvalue weighted by molar-refractivity contribution is -0.159. The second-order valence-electron chi connectivity index (χ2n) is 17.0. The van der Waals surface area contributed by atoms with Crippen molar-refractivity contribution in [1.82, 2.24) is 10.2 Å². The van der Waals surface area contributed by atoms with Gasteiger partial charge in [-0.2, -0.15) is 0 Å². The van der Waals surface area contributed by atoms with Crippen molar-refractivity contribution < 1.29 is 78.0 Å². The fraction of sp³-hybridized carbons (Fsp3) is 0.558. The number of esters is 1. The third-order valence-corrected chi connectivity index (χ3v) is 13.0. The molecule has 4 aliphatic carbocycles. The molecule has 3 amide bonds. The molecule has 2 aromatic carbocycles. The molecule has 2 saturated carbocycles. The summed E-state index contributed by atoms with van der Waals surface area (Å²) in [7, 11) is 1.30. The lowest BCUT2D eigenvalue weighted by atomic mass is 9.71. The number of imide groups is 1. The number of carbonyl (C=O) groups excluding carboxylic acids is 7. The maximum atomic E-state index is 14.0. The van der Waals surface area contributed by atoms with E-state index in [4.69, 9.17) is 18.9 Å². The number of nitrogens with zero attached hydrogens (tertiary/aromatic N) is 1. The predicted molar refractivity (Wildman–Crippen MR) is 207 cm³/mol. The number of nitrogens with one attached hydrogen (secondary N) is 1. The first-order chi connectivity index (χ1) is 29.0. The topological polar surface area (TPSA) is 273 Å². The van der Waals surface area contributed by atoms with Crippen molar-refractivity contribution in [3.63, 3.8) is 0 Å². The number of ether oxygens (including phenoxy) is 4. The summed E-state index contributed by atoms with van der Waals surface area (Å²) < 4.78 is 22.1. The fourth-order valence-electron chi connectivity index (χ4n) is 9.68. The van der Waals surface area contributed by atoms with E-state index in [1.54, 1.807) is 13.8 Å². The largest absolute Gasteiger partial charge is 0.507 e. The van der Waals surface area contributed by atoms with Crippen molar-refractivity contribution in [1.29, 1.82) is 0 Å². The number of phenols is 2. The van der Waals surface area contributed by atoms with Crippen LogP contribution in [0, 0.1) is 23.7 Å². The Morgan fingerprint density at radius 2 is 1.64 bits per heavy atom. The van der Waals surface area contributed by atoms with Gasteiger partial charge in [-0.25, -0.2) is 4.79 Å². The summed E-state index contributed by atoms with van der Waals surface area (Å²) in [5, 5.41) is 58.4. The summed E-state index contributed by atoms with van der Waals surface area (Å²) in [5.41, 5.74) is -4.00. The summed E-state index contributed by atoms with van der Waals surface area (Å²) in [6, 6.07) is 3.32. The number of carbonyl (C=O) groups is 7. The van der Waals surface area contributed by atoms with Crippen LogP contribution in [0.2, 0.25) is 0 Å². The van der Waals surface area contributed by atoms with Gasteiger partial charge in [-0.05, 0) is 56.4 Å². The van der Waals surface area contributed by atoms with Gasteiger partial charge in [-0.3, -0.25) is 33.7 Å². The lowest BCUT2D eigenvalue weighted by Crippen LogP contribution is -2.53. The molecule has 1 heterocycles. The molecular formula is C43H50N2O16. The summed E-state index contributed by atoms with van der Waals surface area (Å²) >= 11 is 0. The molecule has 328 valence electrons. The number of ketones is 3. The van der Waals surface area contributed by atoms with E-state index in [9.17, 15) is 59.1 Å². The molecule has 3 fully saturated rings. The minimum Gasteiger partial charge on any atom is -0.507 e. The minimum absolute atomic E-state index is 0.0556. The maximum absolute atomic E-state index is 14.0. The first-order valence-corrected chi connectivity index (χ1v) is 20.5. The molecule has 1 saturated heterocycles. The number of amides is 3. The number of hydrogen-bond donors (Lipinski definition) is 6. The summed E-state index contributed by atoms with van der Waals surface area (Å²) in [6.07, 6.45) is -3.04. The van der Waals surface area contributed by atoms with Crippen LogP contribution in [0.25, 0.3) is 0 Å². The molecule has 1 aliphatic heterocycles. The Bertz CT molecular complexity index is 2160. The van der Waals surface area contributed by atoms with E-state index < -0.39 is 120 Å². The fourth-order valence-corrected chi connectivity index (χ4v) is 9.68. The zero-order valence-corrected chi connectivity index (χ0v) is 34.0. The van der Waals surface area contributed by atoms with E-state index >= 15 is 0 Å². The molecule has 0 bridgehead atoms. The Kier molecular flexibility index (Phi) is 12.3. The molecule has 7 atom stereocenters. The summed E-state index contributed by atoms with van der Waals surface area (Å²) in [6.45, 7) is 1.95. The van der Waals surface area contributed by atoms with E-state index in [1.165, 1.54) is 30.2 Å². The van der Waals surface area contributed by atoms with Gasteiger partial charge in [-0.1, -0.05) is 26.0 Å². The molecule has 0 spiro atoms. The van der Waals surface area contributed by atoms with Gasteiger partial charge >= 0.3 is 12.1 Å². The normalized spacial score (nSPS) is 29.6. The number of aliphatic hydroxyl groups excluding tert-OH is 2. The lowest BCUT2D eigenvalue weighted by Gasteiger charge is -2.43. The Labute approximate surface area is 350 Å². The number of alkyl carbamates (subject to hydrolysis) is 1. The highest BCUT2D eigenvalue weighted by molar-refractivity contribution is 6.31. The van der Waals surface area contributed by atoms with Crippen molar-refractivity contribution in [3.8, 4) is 17.2 Å². The van der Waals surface area contributed by atoms with E-state index in [0.29, 0.717) is 32.2 Å². The van der Waals surface area contributed by atoms with Crippen LogP contribution in [0.1, 0.15) is 114 Å². The van der Waals surface area contributed by atoms with Crippen molar-refractivity contribution in [2.24, 2.45) is 23.7 Å². The van der Waals surface area contributed by atoms with E-state index in [0.717, 1.165) is 0 Å². The van der Waals surface area contributed by atoms with Gasteiger partial charge in [0, 0.05) is 48.4 Å². The Morgan fingerprint density at radius 1 is 0.934 bits per heavy atom. The second kappa shape index (κ2) is 17.1. The third-order valence-electron chi connectivity index (χ3n) is 13.0. The van der Waals surface area contributed by atoms with Crippen LogP contribution >= 0.6 is 0 Å². The van der Waals surface area contributed by atoms with Gasteiger partial charge in [0.25, 0.3) is 0 Å². The maximum Gasteiger partial charge on any atom is 0.410 e. The Hall–Kier alpha value is -5.43. The van der Waals surface area contributed by atoms with Crippen LogP contribution in [-0.2, 0) is 39.8 Å². The van der Waals surface area contributed by atoms with Gasteiger partial charge in [-0.15, -0.1) is 0 Å². The standard InChI is InChI=1S/C43H50N2O16/c1-19-11-23(13-26(35(19)49)44-42(56)60-18-59-41(55)22-9-7-21(8-10-22)16-45-30(48)12-20(2)40(45)54)61-28-15-43(57,29(47)17-46)14-25-32(28)39(53)34-33(37(25)51)36(50)24-5-4-6-27(58-3)31(24)38(34)52/h4-6,19-23,26,28,35,46,49,51,53,57H,7-18H2,1-3H3,(H,44,56)/t19-,20?,21?,22?,23-,26+,28+,35-,43+/m1/s1. The molecular weight excluding hydrogens is 800 g/mol. The number of phenolic OH excluding ortho intramolecular Hbond substituents is 2. The number of benzene rings is 2. The average molecular weight is 851 g/mol. The van der Waals surface area contributed by atoms with Gasteiger partial charge < -0.3 is 49.8 Å². The summed E-state index contributed by atoms with van der Waals surface area (Å²) in [5.74, 6) is -6.20. The monoisotopic (exact) mass is 850 g/mol. The van der Waals surface area contributed by atoms with Crippen LogP contribution < -0.4 is 10.1 Å². The molecule has 1 unspecified atom stereocenters. The van der Waals surface area contributed by atoms with Crippen LogP contribution in [0.5, 0.6) is 17.2 Å². The summed E-state index contributed by atoms with van der Waals surface area (Å²) in [4.78, 5) is 92.2. The number of hydrogen-bond acceptors (Lipinski definition) is 16. The molecule has 18 heteroatoms.